The van der Waals surface area contributed by atoms with Crippen LogP contribution in [-0.4, -0.2) is 26.3 Å². The van der Waals surface area contributed by atoms with E-state index in [0.29, 0.717) is 5.56 Å². The Labute approximate surface area is 200 Å². The highest BCUT2D eigenvalue weighted by Crippen LogP contribution is 2.50. The summed E-state index contributed by atoms with van der Waals surface area (Å²) in [5.41, 5.74) is 5.99. The standard InChI is InChI=1S/C29H31NO4/c1-28(2)11-12-29(3,4)26-22(19-9-13-30-14-10-19)16-20(17-23(26)28)24(31)8-6-18-5-7-21(27(33)34)25(32)15-18/h5-10,13-17,24,31-32H,11-12H2,1-4H3,(H,33,34)/b8-6+. The van der Waals surface area contributed by atoms with Crippen molar-refractivity contribution in [2.75, 3.05) is 0 Å². The van der Waals surface area contributed by atoms with Gasteiger partial charge in [-0.2, -0.15) is 0 Å². The number of carboxylic acid groups (broad SMARTS) is 1. The van der Waals surface area contributed by atoms with Crippen LogP contribution in [0.4, 0.5) is 0 Å². The van der Waals surface area contributed by atoms with Gasteiger partial charge in [-0.25, -0.2) is 4.79 Å². The van der Waals surface area contributed by atoms with Crippen LogP contribution in [0.2, 0.25) is 0 Å². The van der Waals surface area contributed by atoms with Crippen molar-refractivity contribution in [1.29, 1.82) is 0 Å². The average Bonchev–Trinajstić information content (AvgIpc) is 2.80. The predicted octanol–water partition coefficient (Wildman–Crippen LogP) is 6.25. The molecule has 0 fully saturated rings. The summed E-state index contributed by atoms with van der Waals surface area (Å²) in [4.78, 5) is 15.3. The fraction of sp³-hybridized carbons (Fsp3) is 0.310. The Balaban J connectivity index is 1.79. The number of benzene rings is 2. The van der Waals surface area contributed by atoms with E-state index in [1.807, 2.05) is 12.1 Å². The van der Waals surface area contributed by atoms with Crippen molar-refractivity contribution in [3.05, 3.63) is 88.8 Å². The molecule has 176 valence electrons. The van der Waals surface area contributed by atoms with E-state index in [0.717, 1.165) is 29.5 Å². The van der Waals surface area contributed by atoms with Crippen molar-refractivity contribution in [2.24, 2.45) is 0 Å². The number of pyridine rings is 1. The average molecular weight is 458 g/mol. The van der Waals surface area contributed by atoms with Gasteiger partial charge in [0.05, 0.1) is 6.10 Å². The molecular weight excluding hydrogens is 426 g/mol. The second-order valence-corrected chi connectivity index (χ2v) is 10.4. The third-order valence-electron chi connectivity index (χ3n) is 7.00. The molecule has 1 atom stereocenters. The Morgan fingerprint density at radius 1 is 1.00 bits per heavy atom. The molecule has 3 N–H and O–H groups in total. The smallest absolute Gasteiger partial charge is 0.339 e. The molecule has 1 aromatic heterocycles. The van der Waals surface area contributed by atoms with Gasteiger partial charge in [0.2, 0.25) is 0 Å². The van der Waals surface area contributed by atoms with E-state index >= 15 is 0 Å². The minimum atomic E-state index is -1.18. The summed E-state index contributed by atoms with van der Waals surface area (Å²) in [5, 5.41) is 30.2. The fourth-order valence-corrected chi connectivity index (χ4v) is 4.89. The highest BCUT2D eigenvalue weighted by Gasteiger charge is 2.39. The minimum Gasteiger partial charge on any atom is -0.507 e. The topological polar surface area (TPSA) is 90.7 Å². The lowest BCUT2D eigenvalue weighted by atomic mass is 9.61. The third kappa shape index (κ3) is 4.48. The Kier molecular flexibility index (Phi) is 6.09. The molecule has 34 heavy (non-hydrogen) atoms. The molecule has 4 rings (SSSR count). The molecule has 0 spiro atoms. The zero-order valence-corrected chi connectivity index (χ0v) is 20.0. The maximum atomic E-state index is 11.1. The maximum Gasteiger partial charge on any atom is 0.339 e. The molecule has 0 aliphatic heterocycles. The van der Waals surface area contributed by atoms with Crippen LogP contribution in [0.1, 0.15) is 79.3 Å². The van der Waals surface area contributed by atoms with Crippen molar-refractivity contribution in [3.8, 4) is 16.9 Å². The first kappa shape index (κ1) is 23.7. The number of nitrogens with zero attached hydrogens (tertiary/aromatic N) is 1. The van der Waals surface area contributed by atoms with Gasteiger partial charge in [0.25, 0.3) is 0 Å². The zero-order valence-electron chi connectivity index (χ0n) is 20.0. The van der Waals surface area contributed by atoms with Gasteiger partial charge in [0, 0.05) is 12.4 Å². The Bertz CT molecular complexity index is 1260. The monoisotopic (exact) mass is 457 g/mol. The van der Waals surface area contributed by atoms with Crippen LogP contribution in [0.3, 0.4) is 0 Å². The van der Waals surface area contributed by atoms with E-state index in [2.05, 4.69) is 44.8 Å². The number of fused-ring (bicyclic) bond motifs is 1. The molecule has 1 aliphatic carbocycles. The van der Waals surface area contributed by atoms with E-state index in [-0.39, 0.29) is 22.1 Å². The van der Waals surface area contributed by atoms with E-state index in [1.165, 1.54) is 23.3 Å². The summed E-state index contributed by atoms with van der Waals surface area (Å²) in [6.07, 6.45) is 8.21. The first-order valence-electron chi connectivity index (χ1n) is 11.5. The molecule has 5 heteroatoms. The number of rotatable bonds is 5. The fourth-order valence-electron chi connectivity index (χ4n) is 4.89. The number of aromatic carboxylic acids is 1. The van der Waals surface area contributed by atoms with Crippen molar-refractivity contribution in [3.63, 3.8) is 0 Å². The molecule has 0 radical (unpaired) electrons. The molecule has 1 heterocycles. The van der Waals surface area contributed by atoms with Crippen LogP contribution >= 0.6 is 0 Å². The summed E-state index contributed by atoms with van der Waals surface area (Å²) in [7, 11) is 0. The molecule has 0 amide bonds. The number of hydrogen-bond donors (Lipinski definition) is 3. The van der Waals surface area contributed by atoms with Gasteiger partial charge < -0.3 is 15.3 Å². The van der Waals surface area contributed by atoms with Crippen LogP contribution < -0.4 is 0 Å². The second-order valence-electron chi connectivity index (χ2n) is 10.4. The predicted molar refractivity (Wildman–Crippen MR) is 134 cm³/mol. The lowest BCUT2D eigenvalue weighted by Crippen LogP contribution is -2.34. The number of aliphatic hydroxyl groups excluding tert-OH is 1. The van der Waals surface area contributed by atoms with Crippen molar-refractivity contribution < 1.29 is 20.1 Å². The van der Waals surface area contributed by atoms with Crippen molar-refractivity contribution >= 4 is 12.0 Å². The van der Waals surface area contributed by atoms with E-state index < -0.39 is 12.1 Å². The summed E-state index contributed by atoms with van der Waals surface area (Å²) in [6, 6.07) is 12.5. The zero-order chi connectivity index (χ0) is 24.7. The number of carbonyl (C=O) groups is 1. The van der Waals surface area contributed by atoms with Crippen LogP contribution in [-0.2, 0) is 10.8 Å². The van der Waals surface area contributed by atoms with Crippen LogP contribution in [0, 0.1) is 0 Å². The number of carboxylic acids is 1. The highest BCUT2D eigenvalue weighted by atomic mass is 16.4. The molecule has 0 bridgehead atoms. The van der Waals surface area contributed by atoms with E-state index in [4.69, 9.17) is 5.11 Å². The van der Waals surface area contributed by atoms with Gasteiger partial charge in [0.1, 0.15) is 11.3 Å². The number of aromatic hydroxyl groups is 1. The highest BCUT2D eigenvalue weighted by molar-refractivity contribution is 5.91. The molecule has 3 aromatic rings. The van der Waals surface area contributed by atoms with Crippen LogP contribution in [0.25, 0.3) is 17.2 Å². The summed E-state index contributed by atoms with van der Waals surface area (Å²) < 4.78 is 0. The van der Waals surface area contributed by atoms with Gasteiger partial charge in [-0.15, -0.1) is 0 Å². The van der Waals surface area contributed by atoms with Gasteiger partial charge in [0.15, 0.2) is 0 Å². The lowest BCUT2D eigenvalue weighted by molar-refractivity contribution is 0.0693. The van der Waals surface area contributed by atoms with Crippen molar-refractivity contribution in [2.45, 2.75) is 57.5 Å². The van der Waals surface area contributed by atoms with Crippen LogP contribution in [0.15, 0.2) is 60.9 Å². The summed E-state index contributed by atoms with van der Waals surface area (Å²) in [5.74, 6) is -1.49. The number of aliphatic hydroxyl groups is 1. The van der Waals surface area contributed by atoms with E-state index in [9.17, 15) is 15.0 Å². The Hall–Kier alpha value is -3.44. The van der Waals surface area contributed by atoms with Crippen molar-refractivity contribution in [1.82, 2.24) is 4.98 Å². The molecular formula is C29H31NO4. The number of phenols is 1. The van der Waals surface area contributed by atoms with Crippen LogP contribution in [0.5, 0.6) is 5.75 Å². The lowest BCUT2D eigenvalue weighted by Gasteiger charge is -2.43. The Morgan fingerprint density at radius 3 is 2.32 bits per heavy atom. The SMILES string of the molecule is CC1(C)CCC(C)(C)c2c(-c3ccncc3)cc(C(O)/C=C/c3ccc(C(=O)O)c(O)c3)cc21. The number of aromatic nitrogens is 1. The molecule has 0 saturated heterocycles. The van der Waals surface area contributed by atoms with Gasteiger partial charge >= 0.3 is 5.97 Å². The summed E-state index contributed by atoms with van der Waals surface area (Å²) >= 11 is 0. The quantitative estimate of drug-likeness (QED) is 0.421. The van der Waals surface area contributed by atoms with Gasteiger partial charge in [-0.1, -0.05) is 52.0 Å². The van der Waals surface area contributed by atoms with Gasteiger partial charge in [-0.3, -0.25) is 4.98 Å². The minimum absolute atomic E-state index is 0.00614. The maximum absolute atomic E-state index is 11.1. The largest absolute Gasteiger partial charge is 0.507 e. The first-order chi connectivity index (χ1) is 16.0. The first-order valence-corrected chi connectivity index (χ1v) is 11.5. The molecule has 2 aromatic carbocycles. The number of hydrogen-bond acceptors (Lipinski definition) is 4. The normalized spacial score (nSPS) is 17.3. The molecule has 1 unspecified atom stereocenters. The van der Waals surface area contributed by atoms with Gasteiger partial charge in [-0.05, 0) is 87.4 Å². The Morgan fingerprint density at radius 2 is 1.68 bits per heavy atom. The summed E-state index contributed by atoms with van der Waals surface area (Å²) in [6.45, 7) is 9.09. The molecule has 5 nitrogen and oxygen atoms in total. The second kappa shape index (κ2) is 8.73. The molecule has 0 saturated carbocycles. The molecule has 1 aliphatic rings. The third-order valence-corrected chi connectivity index (χ3v) is 7.00. The van der Waals surface area contributed by atoms with E-state index in [1.54, 1.807) is 30.6 Å².